The minimum Gasteiger partial charge on any atom is -0.462 e. The number of nitrogens with one attached hydrogen (secondary N) is 1. The van der Waals surface area contributed by atoms with Gasteiger partial charge >= 0.3 is 11.9 Å². The normalized spacial score (nSPS) is 11.4. The lowest BCUT2D eigenvalue weighted by atomic mass is 10.4. The van der Waals surface area contributed by atoms with Crippen LogP contribution in [0.1, 0.15) is 6.92 Å². The molecule has 0 rings (SSSR count). The molecule has 0 aliphatic carbocycles. The van der Waals surface area contributed by atoms with Crippen LogP contribution in [0.15, 0.2) is 0 Å². The highest BCUT2D eigenvalue weighted by Gasteiger charge is 2.40. The quantitative estimate of drug-likeness (QED) is 0.523. The average Bonchev–Trinajstić information content (AvgIpc) is 2.13. The van der Waals surface area contributed by atoms with Gasteiger partial charge < -0.3 is 10.1 Å². The molecule has 0 bridgehead atoms. The van der Waals surface area contributed by atoms with Crippen molar-refractivity contribution in [3.8, 4) is 0 Å². The second-order valence-electron chi connectivity index (χ2n) is 2.58. The van der Waals surface area contributed by atoms with Crippen LogP contribution in [0.25, 0.3) is 0 Å². The van der Waals surface area contributed by atoms with Crippen LogP contribution in [0.5, 0.6) is 0 Å². The molecule has 0 aromatic carbocycles. The Morgan fingerprint density at radius 1 is 1.57 bits per heavy atom. The zero-order valence-electron chi connectivity index (χ0n) is 8.31. The number of carbonyl (C=O) groups excluding carboxylic acids is 1. The van der Waals surface area contributed by atoms with Crippen molar-refractivity contribution in [1.29, 1.82) is 0 Å². The third-order valence-corrected chi connectivity index (χ3v) is 2.41. The zero-order valence-corrected chi connectivity index (χ0v) is 9.13. The predicted octanol–water partition coefficient (Wildman–Crippen LogP) is 1.14. The summed E-state index contributed by atoms with van der Waals surface area (Å²) in [7, 11) is 1.74. The second kappa shape index (κ2) is 7.00. The van der Waals surface area contributed by atoms with E-state index in [2.05, 4.69) is 10.1 Å². The number of thioether (sulfide) groups is 1. The topological polar surface area (TPSA) is 38.3 Å². The number of ether oxygens (including phenoxy) is 1. The van der Waals surface area contributed by atoms with E-state index in [0.29, 0.717) is 12.3 Å². The molecule has 0 saturated carbocycles. The second-order valence-corrected chi connectivity index (χ2v) is 3.69. The van der Waals surface area contributed by atoms with Crippen LogP contribution in [0.3, 0.4) is 0 Å². The summed E-state index contributed by atoms with van der Waals surface area (Å²) in [5, 5.41) is 2.83. The molecule has 0 fully saturated rings. The van der Waals surface area contributed by atoms with Crippen LogP contribution in [-0.2, 0) is 9.53 Å². The molecule has 0 amide bonds. The summed E-state index contributed by atoms with van der Waals surface area (Å²) >= 11 is 1.03. The molecule has 0 radical (unpaired) electrons. The fourth-order valence-corrected chi connectivity index (χ4v) is 1.54. The molecule has 0 aromatic rings. The van der Waals surface area contributed by atoms with E-state index in [9.17, 15) is 13.6 Å². The molecule has 0 saturated heterocycles. The van der Waals surface area contributed by atoms with Gasteiger partial charge in [-0.15, -0.1) is 0 Å². The van der Waals surface area contributed by atoms with E-state index in [4.69, 9.17) is 0 Å². The van der Waals surface area contributed by atoms with E-state index in [1.165, 1.54) is 6.92 Å². The van der Waals surface area contributed by atoms with E-state index in [-0.39, 0.29) is 6.61 Å². The lowest BCUT2D eigenvalue weighted by Crippen LogP contribution is -2.33. The smallest absolute Gasteiger partial charge is 0.377 e. The van der Waals surface area contributed by atoms with Crippen LogP contribution in [0.2, 0.25) is 0 Å². The van der Waals surface area contributed by atoms with Crippen molar-refractivity contribution in [1.82, 2.24) is 5.32 Å². The summed E-state index contributed by atoms with van der Waals surface area (Å²) in [4.78, 5) is 10.7. The third kappa shape index (κ3) is 5.39. The van der Waals surface area contributed by atoms with Gasteiger partial charge in [-0.25, -0.2) is 4.79 Å². The van der Waals surface area contributed by atoms with Crippen LogP contribution in [0.4, 0.5) is 8.78 Å². The number of halogens is 2. The summed E-state index contributed by atoms with van der Waals surface area (Å²) in [6.45, 7) is 2.13. The van der Waals surface area contributed by atoms with Gasteiger partial charge in [0.05, 0.1) is 12.4 Å². The van der Waals surface area contributed by atoms with Crippen molar-refractivity contribution in [2.45, 2.75) is 12.8 Å². The summed E-state index contributed by atoms with van der Waals surface area (Å²) in [5.41, 5.74) is 0. The number of carbonyl (C=O) groups is 1. The van der Waals surface area contributed by atoms with E-state index in [1.54, 1.807) is 7.05 Å². The highest BCUT2D eigenvalue weighted by molar-refractivity contribution is 7.99. The number of hydrogen-bond acceptors (Lipinski definition) is 4. The standard InChI is InChI=1S/C8H15F2NO2S/c1-3-13-7(12)8(9,10)6-14-5-4-11-2/h11H,3-6H2,1-2H3. The third-order valence-electron chi connectivity index (χ3n) is 1.35. The number of alkyl halides is 2. The molecular weight excluding hydrogens is 212 g/mol. The summed E-state index contributed by atoms with van der Waals surface area (Å²) in [5.74, 6) is -4.77. The van der Waals surface area contributed by atoms with Crippen molar-refractivity contribution in [3.63, 3.8) is 0 Å². The highest BCUT2D eigenvalue weighted by atomic mass is 32.2. The monoisotopic (exact) mass is 227 g/mol. The first kappa shape index (κ1) is 13.6. The molecule has 0 aliphatic heterocycles. The molecule has 3 nitrogen and oxygen atoms in total. The summed E-state index contributed by atoms with van der Waals surface area (Å²) in [6, 6.07) is 0. The van der Waals surface area contributed by atoms with E-state index in [1.807, 2.05) is 0 Å². The first-order valence-corrected chi connectivity index (χ1v) is 5.47. The lowest BCUT2D eigenvalue weighted by Gasteiger charge is -2.13. The van der Waals surface area contributed by atoms with Crippen molar-refractivity contribution < 1.29 is 18.3 Å². The molecule has 0 spiro atoms. The maximum atomic E-state index is 12.9. The van der Waals surface area contributed by atoms with Crippen LogP contribution in [0, 0.1) is 0 Å². The average molecular weight is 227 g/mol. The highest BCUT2D eigenvalue weighted by Crippen LogP contribution is 2.21. The molecular formula is C8H15F2NO2S. The van der Waals surface area contributed by atoms with Gasteiger partial charge in [-0.1, -0.05) is 0 Å². The molecule has 0 atom stereocenters. The van der Waals surface area contributed by atoms with Crippen molar-refractivity contribution in [2.75, 3.05) is 31.7 Å². The van der Waals surface area contributed by atoms with Crippen LogP contribution < -0.4 is 5.32 Å². The SMILES string of the molecule is CCOC(=O)C(F)(F)CSCCNC. The Morgan fingerprint density at radius 2 is 2.21 bits per heavy atom. The molecule has 0 aliphatic rings. The lowest BCUT2D eigenvalue weighted by molar-refractivity contribution is -0.167. The van der Waals surface area contributed by atoms with Gasteiger partial charge in [0, 0.05) is 12.3 Å². The largest absolute Gasteiger partial charge is 0.462 e. The molecule has 0 aromatic heterocycles. The maximum Gasteiger partial charge on any atom is 0.377 e. The van der Waals surface area contributed by atoms with Crippen molar-refractivity contribution in [3.05, 3.63) is 0 Å². The van der Waals surface area contributed by atoms with Gasteiger partial charge in [-0.3, -0.25) is 0 Å². The Kier molecular flexibility index (Phi) is 6.82. The number of esters is 1. The fraction of sp³-hybridized carbons (Fsp3) is 0.875. The van der Waals surface area contributed by atoms with Crippen LogP contribution in [-0.4, -0.2) is 43.6 Å². The number of hydrogen-bond donors (Lipinski definition) is 1. The molecule has 1 N–H and O–H groups in total. The molecule has 84 valence electrons. The first-order valence-electron chi connectivity index (χ1n) is 4.32. The van der Waals surface area contributed by atoms with Gasteiger partial charge in [0.25, 0.3) is 0 Å². The van der Waals surface area contributed by atoms with E-state index >= 15 is 0 Å². The van der Waals surface area contributed by atoms with Gasteiger partial charge in [0.15, 0.2) is 0 Å². The summed E-state index contributed by atoms with van der Waals surface area (Å²) in [6.07, 6.45) is 0. The van der Waals surface area contributed by atoms with Crippen LogP contribution >= 0.6 is 11.8 Å². The van der Waals surface area contributed by atoms with Gasteiger partial charge in [-0.2, -0.15) is 20.5 Å². The maximum absolute atomic E-state index is 12.9. The molecule has 6 heteroatoms. The van der Waals surface area contributed by atoms with E-state index < -0.39 is 17.6 Å². The Balaban J connectivity index is 3.76. The number of rotatable bonds is 7. The Morgan fingerprint density at radius 3 is 2.71 bits per heavy atom. The minimum atomic E-state index is -3.37. The van der Waals surface area contributed by atoms with Crippen molar-refractivity contribution in [2.24, 2.45) is 0 Å². The van der Waals surface area contributed by atoms with Gasteiger partial charge in [0.2, 0.25) is 0 Å². The van der Waals surface area contributed by atoms with Gasteiger partial charge in [-0.05, 0) is 14.0 Å². The zero-order chi connectivity index (χ0) is 11.0. The molecule has 14 heavy (non-hydrogen) atoms. The summed E-state index contributed by atoms with van der Waals surface area (Å²) < 4.78 is 30.1. The Hall–Kier alpha value is -0.360. The minimum absolute atomic E-state index is 0.0182. The van der Waals surface area contributed by atoms with E-state index in [0.717, 1.165) is 11.8 Å². The van der Waals surface area contributed by atoms with Crippen molar-refractivity contribution >= 4 is 17.7 Å². The molecule has 0 heterocycles. The predicted molar refractivity (Wildman–Crippen MR) is 52.8 cm³/mol. The molecule has 0 unspecified atom stereocenters. The Labute approximate surface area is 86.6 Å². The Bertz CT molecular complexity index is 179. The first-order chi connectivity index (χ1) is 6.54. The fourth-order valence-electron chi connectivity index (χ4n) is 0.670. The van der Waals surface area contributed by atoms with Gasteiger partial charge in [0.1, 0.15) is 0 Å².